The van der Waals surface area contributed by atoms with Crippen LogP contribution in [0.2, 0.25) is 0 Å². The molecule has 2 bridgehead atoms. The maximum absolute atomic E-state index is 14.0. The van der Waals surface area contributed by atoms with Gasteiger partial charge in [0.25, 0.3) is 5.91 Å². The number of hydrogen-bond donors (Lipinski definition) is 1. The number of hydrogen-bond acceptors (Lipinski definition) is 7. The van der Waals surface area contributed by atoms with Gasteiger partial charge in [-0.1, -0.05) is 6.07 Å². The van der Waals surface area contributed by atoms with Crippen LogP contribution in [-0.4, -0.2) is 44.8 Å². The highest BCUT2D eigenvalue weighted by Crippen LogP contribution is 2.35. The van der Waals surface area contributed by atoms with E-state index >= 15 is 0 Å². The van der Waals surface area contributed by atoms with Crippen LogP contribution < -0.4 is 10.5 Å². The molecular weight excluding hydrogens is 445 g/mol. The van der Waals surface area contributed by atoms with Gasteiger partial charge in [-0.3, -0.25) is 4.79 Å². The third-order valence-electron chi connectivity index (χ3n) is 5.22. The molecule has 1 aliphatic rings. The first-order valence-corrected chi connectivity index (χ1v) is 12.5. The summed E-state index contributed by atoms with van der Waals surface area (Å²) in [6.07, 6.45) is 2.42. The Kier molecular flexibility index (Phi) is 5.79. The highest BCUT2D eigenvalue weighted by molar-refractivity contribution is 7.92. The van der Waals surface area contributed by atoms with Crippen molar-refractivity contribution in [1.82, 2.24) is 15.1 Å². The molecule has 1 aromatic heterocycles. The van der Waals surface area contributed by atoms with Crippen LogP contribution in [0.25, 0.3) is 11.3 Å². The molecule has 2 N–H and O–H groups in total. The summed E-state index contributed by atoms with van der Waals surface area (Å²) >= 11 is 0. The zero-order chi connectivity index (χ0) is 23.9. The van der Waals surface area contributed by atoms with Gasteiger partial charge in [0.05, 0.1) is 11.4 Å². The Morgan fingerprint density at radius 1 is 1.15 bits per heavy atom. The van der Waals surface area contributed by atoms with E-state index in [9.17, 15) is 13.4 Å². The fourth-order valence-corrected chi connectivity index (χ4v) is 4.33. The third kappa shape index (κ3) is 4.80. The first kappa shape index (κ1) is 22.7. The number of amides is 1. The van der Waals surface area contributed by atoms with E-state index in [-0.39, 0.29) is 24.0 Å². The molecule has 0 radical (unpaired) electrons. The van der Waals surface area contributed by atoms with Crippen molar-refractivity contribution >= 4 is 27.1 Å². The van der Waals surface area contributed by atoms with Crippen LogP contribution in [0.15, 0.2) is 46.8 Å². The summed E-state index contributed by atoms with van der Waals surface area (Å²) in [5.41, 5.74) is 9.14. The summed E-state index contributed by atoms with van der Waals surface area (Å²) in [4.78, 5) is 14.8. The highest BCUT2D eigenvalue weighted by atomic mass is 32.2. The molecular formula is C23H24FN5O3S. The summed E-state index contributed by atoms with van der Waals surface area (Å²) in [5.74, 6) is -0.435. The zero-order valence-electron chi connectivity index (χ0n) is 18.7. The van der Waals surface area contributed by atoms with Crippen LogP contribution in [0, 0.1) is 5.82 Å². The molecule has 1 atom stereocenters. The fraction of sp³-hybridized carbons (Fsp3) is 0.261. The number of carbonyl (C=O) groups is 1. The van der Waals surface area contributed by atoms with Gasteiger partial charge in [-0.2, -0.15) is 4.36 Å². The zero-order valence-corrected chi connectivity index (χ0v) is 19.5. The molecule has 0 fully saturated rings. The smallest absolute Gasteiger partial charge is 0.254 e. The lowest BCUT2D eigenvalue weighted by Gasteiger charge is -2.24. The molecule has 172 valence electrons. The average Bonchev–Trinajstić information content (AvgIpc) is 2.74. The van der Waals surface area contributed by atoms with Gasteiger partial charge in [0.1, 0.15) is 11.9 Å². The number of rotatable bonds is 1. The number of benzene rings is 2. The monoisotopic (exact) mass is 469 g/mol. The van der Waals surface area contributed by atoms with E-state index in [0.717, 1.165) is 5.56 Å². The molecule has 10 heteroatoms. The predicted molar refractivity (Wildman–Crippen MR) is 125 cm³/mol. The molecule has 33 heavy (non-hydrogen) atoms. The van der Waals surface area contributed by atoms with Crippen LogP contribution in [-0.2, 0) is 16.3 Å². The lowest BCUT2D eigenvalue weighted by Crippen LogP contribution is -2.28. The number of aromatic nitrogens is 2. The molecule has 0 spiro atoms. The average molecular weight is 470 g/mol. The van der Waals surface area contributed by atoms with Crippen molar-refractivity contribution in [2.24, 2.45) is 4.36 Å². The van der Waals surface area contributed by atoms with Crippen LogP contribution in [0.1, 0.15) is 34.5 Å². The van der Waals surface area contributed by atoms with Crippen molar-refractivity contribution in [2.75, 3.05) is 25.3 Å². The maximum atomic E-state index is 14.0. The number of nitrogens with two attached hydrogens (primary N) is 1. The minimum Gasteiger partial charge on any atom is -0.482 e. The van der Waals surface area contributed by atoms with E-state index < -0.39 is 21.7 Å². The molecule has 4 rings (SSSR count). The second kappa shape index (κ2) is 8.43. The van der Waals surface area contributed by atoms with Crippen molar-refractivity contribution in [3.8, 4) is 17.0 Å². The van der Waals surface area contributed by atoms with Crippen molar-refractivity contribution in [2.45, 2.75) is 19.6 Å². The largest absolute Gasteiger partial charge is 0.482 e. The number of halogens is 1. The molecule has 0 saturated heterocycles. The van der Waals surface area contributed by atoms with E-state index in [1.54, 1.807) is 44.7 Å². The predicted octanol–water partition coefficient (Wildman–Crippen LogP) is 3.95. The Hall–Kier alpha value is -3.53. The Balaban J connectivity index is 1.94. The molecule has 2 aromatic carbocycles. The Bertz CT molecular complexity index is 1380. The number of carbonyl (C=O) groups excluding carboxylic acids is 1. The van der Waals surface area contributed by atoms with Gasteiger partial charge in [-0.15, -0.1) is 10.2 Å². The summed E-state index contributed by atoms with van der Waals surface area (Å²) in [7, 11) is -0.719. The normalized spacial score (nSPS) is 16.1. The fourth-order valence-electron chi connectivity index (χ4n) is 3.71. The minimum atomic E-state index is -2.38. The van der Waals surface area contributed by atoms with Gasteiger partial charge >= 0.3 is 0 Å². The van der Waals surface area contributed by atoms with Crippen molar-refractivity contribution in [3.63, 3.8) is 0 Å². The summed E-state index contributed by atoms with van der Waals surface area (Å²) < 4.78 is 36.5. The Morgan fingerprint density at radius 2 is 1.91 bits per heavy atom. The topological polar surface area (TPSA) is 111 Å². The van der Waals surface area contributed by atoms with Crippen molar-refractivity contribution in [1.29, 1.82) is 0 Å². The lowest BCUT2D eigenvalue weighted by molar-refractivity contribution is 0.0780. The number of nitrogens with zero attached hydrogens (tertiary/aromatic N) is 4. The highest BCUT2D eigenvalue weighted by Gasteiger charge is 2.24. The Labute approximate surface area is 191 Å². The first-order chi connectivity index (χ1) is 15.5. The maximum Gasteiger partial charge on any atom is 0.254 e. The number of anilines is 1. The molecule has 1 aliphatic heterocycles. The quantitative estimate of drug-likeness (QED) is 0.578. The van der Waals surface area contributed by atoms with Crippen LogP contribution in [0.5, 0.6) is 5.75 Å². The van der Waals surface area contributed by atoms with E-state index in [1.165, 1.54) is 23.1 Å². The van der Waals surface area contributed by atoms with Gasteiger partial charge in [0.2, 0.25) is 0 Å². The summed E-state index contributed by atoms with van der Waals surface area (Å²) in [6, 6.07) is 10.9. The summed E-state index contributed by atoms with van der Waals surface area (Å²) in [6.45, 7) is 1.95. The number of fused-ring (bicyclic) bond motifs is 5. The summed E-state index contributed by atoms with van der Waals surface area (Å²) in [5, 5.41) is 8.25. The lowest BCUT2D eigenvalue weighted by atomic mass is 9.99. The Morgan fingerprint density at radius 3 is 2.64 bits per heavy atom. The number of nitrogen functional groups attached to an aromatic ring is 1. The molecule has 0 aliphatic carbocycles. The van der Waals surface area contributed by atoms with Crippen molar-refractivity contribution < 1.29 is 18.1 Å². The standard InChI is InChI=1S/C23H24FN5O3S/c1-13-18-9-15(24)6-8-17(18)23(30)29(2)12-14-5-7-16(28-33(3,4)31)10-19(14)20-11-21(32-13)22(25)27-26-20/h5-11,13H,12H2,1-4H3,(H2,25,27)/t13-/m1/s1. The molecule has 2 heterocycles. The van der Waals surface area contributed by atoms with Gasteiger partial charge in [0, 0.05) is 58.6 Å². The third-order valence-corrected chi connectivity index (χ3v) is 5.87. The van der Waals surface area contributed by atoms with E-state index in [0.29, 0.717) is 28.1 Å². The number of ether oxygens (including phenoxy) is 1. The van der Waals surface area contributed by atoms with Crippen LogP contribution in [0.4, 0.5) is 15.9 Å². The van der Waals surface area contributed by atoms with Gasteiger partial charge < -0.3 is 15.4 Å². The molecule has 0 saturated carbocycles. The minimum absolute atomic E-state index is 0.0663. The molecule has 8 nitrogen and oxygen atoms in total. The van der Waals surface area contributed by atoms with Gasteiger partial charge in [0.15, 0.2) is 11.6 Å². The van der Waals surface area contributed by atoms with Crippen LogP contribution in [0.3, 0.4) is 0 Å². The second-order valence-electron chi connectivity index (χ2n) is 8.25. The second-order valence-corrected chi connectivity index (χ2v) is 10.8. The van der Waals surface area contributed by atoms with E-state index in [4.69, 9.17) is 10.5 Å². The van der Waals surface area contributed by atoms with Crippen molar-refractivity contribution in [3.05, 3.63) is 65.0 Å². The molecule has 3 aromatic rings. The van der Waals surface area contributed by atoms with Gasteiger partial charge in [-0.05, 0) is 42.8 Å². The van der Waals surface area contributed by atoms with Crippen LogP contribution >= 0.6 is 0 Å². The van der Waals surface area contributed by atoms with Gasteiger partial charge in [-0.25, -0.2) is 8.60 Å². The van der Waals surface area contributed by atoms with E-state index in [1.807, 2.05) is 6.07 Å². The molecule has 1 amide bonds. The van der Waals surface area contributed by atoms with E-state index in [2.05, 4.69) is 14.6 Å². The first-order valence-electron chi connectivity index (χ1n) is 10.2. The molecule has 0 unspecified atom stereocenters. The SMILES string of the molecule is C[C@H]1Oc2cc(nnc2N)-c2cc(N=S(C)(C)=O)ccc2CN(C)C(=O)c2ccc(F)cc21.